The summed E-state index contributed by atoms with van der Waals surface area (Å²) in [7, 11) is 0. The molecule has 0 bridgehead atoms. The molecule has 0 radical (unpaired) electrons. The molecule has 0 N–H and O–H groups in total. The lowest BCUT2D eigenvalue weighted by atomic mass is 10.3. The van der Waals surface area contributed by atoms with Crippen molar-refractivity contribution in [1.82, 2.24) is 20.2 Å². The first-order chi connectivity index (χ1) is 10.2. The Morgan fingerprint density at radius 3 is 1.58 bits per heavy atom. The van der Waals surface area contributed by atoms with Crippen LogP contribution in [0.1, 0.15) is 39.2 Å². The van der Waals surface area contributed by atoms with Gasteiger partial charge in [0.2, 0.25) is 0 Å². The van der Waals surface area contributed by atoms with Crippen LogP contribution in [0.15, 0.2) is 67.3 Å². The van der Waals surface area contributed by atoms with E-state index in [9.17, 15) is 0 Å². The van der Waals surface area contributed by atoms with Crippen LogP contribution < -0.4 is 0 Å². The molecule has 0 saturated heterocycles. The second kappa shape index (κ2) is 16.7. The lowest BCUT2D eigenvalue weighted by molar-refractivity contribution is 0.980. The van der Waals surface area contributed by atoms with Gasteiger partial charge in [0.1, 0.15) is 0 Å². The monoisotopic (exact) mass is 328 g/mol. The molecule has 0 spiro atoms. The fraction of sp³-hybridized carbons (Fsp3) is 0.300. The number of aromatic nitrogens is 4. The molecule has 3 heterocycles. The Labute approximate surface area is 148 Å². The lowest BCUT2D eigenvalue weighted by Crippen LogP contribution is -1.79. The van der Waals surface area contributed by atoms with Gasteiger partial charge in [-0.2, -0.15) is 10.2 Å². The van der Waals surface area contributed by atoms with Gasteiger partial charge in [-0.25, -0.2) is 0 Å². The summed E-state index contributed by atoms with van der Waals surface area (Å²) >= 11 is 0. The first-order valence-corrected chi connectivity index (χ1v) is 6.67. The minimum Gasteiger partial charge on any atom is -0.264 e. The van der Waals surface area contributed by atoms with Crippen molar-refractivity contribution in [2.45, 2.75) is 43.1 Å². The van der Waals surface area contributed by atoms with Gasteiger partial charge in [0.25, 0.3) is 0 Å². The van der Waals surface area contributed by atoms with E-state index in [1.54, 1.807) is 18.6 Å². The highest BCUT2D eigenvalue weighted by Gasteiger charge is 1.75. The lowest BCUT2D eigenvalue weighted by Gasteiger charge is -1.82. The minimum atomic E-state index is 0. The fourth-order valence-corrected chi connectivity index (χ4v) is 1.27. The maximum atomic E-state index is 3.98. The molecule has 3 aromatic rings. The van der Waals surface area contributed by atoms with E-state index in [0.717, 1.165) is 11.4 Å². The molecule has 3 aromatic heterocycles. The zero-order valence-corrected chi connectivity index (χ0v) is 12.6. The molecule has 0 aromatic carbocycles. The Bertz CT molecular complexity index is 495. The molecular weight excluding hydrogens is 296 g/mol. The van der Waals surface area contributed by atoms with Gasteiger partial charge in [-0.15, -0.1) is 0 Å². The molecule has 4 nitrogen and oxygen atoms in total. The Balaban J connectivity index is -0.000000259. The Morgan fingerprint density at radius 2 is 1.33 bits per heavy atom. The van der Waals surface area contributed by atoms with Gasteiger partial charge >= 0.3 is 0 Å². The zero-order valence-electron chi connectivity index (χ0n) is 12.6. The highest BCUT2D eigenvalue weighted by atomic mass is 15.1. The molecule has 132 valence electrons. The number of aryl methyl sites for hydroxylation is 3. The predicted molar refractivity (Wildman–Crippen MR) is 105 cm³/mol. The van der Waals surface area contributed by atoms with Crippen molar-refractivity contribution >= 4 is 0 Å². The van der Waals surface area contributed by atoms with Gasteiger partial charge < -0.3 is 0 Å². The van der Waals surface area contributed by atoms with E-state index in [4.69, 9.17) is 0 Å². The van der Waals surface area contributed by atoms with Crippen LogP contribution in [0.5, 0.6) is 0 Å². The van der Waals surface area contributed by atoms with Gasteiger partial charge in [0.15, 0.2) is 0 Å². The van der Waals surface area contributed by atoms with E-state index in [2.05, 4.69) is 20.2 Å². The predicted octanol–water partition coefficient (Wildman–Crippen LogP) is 5.47. The van der Waals surface area contributed by atoms with Crippen LogP contribution in [0, 0.1) is 20.8 Å². The molecule has 0 saturated carbocycles. The van der Waals surface area contributed by atoms with E-state index >= 15 is 0 Å². The highest BCUT2D eigenvalue weighted by Crippen LogP contribution is 1.88. The largest absolute Gasteiger partial charge is 0.264 e. The number of hydrogen-bond donors (Lipinski definition) is 0. The second-order valence-corrected chi connectivity index (χ2v) is 4.37. The third-order valence-electron chi connectivity index (χ3n) is 2.33. The van der Waals surface area contributed by atoms with Crippen molar-refractivity contribution in [3.05, 3.63) is 84.2 Å². The van der Waals surface area contributed by atoms with E-state index in [0.29, 0.717) is 0 Å². The van der Waals surface area contributed by atoms with Crippen LogP contribution in [0.2, 0.25) is 0 Å². The molecule has 0 aliphatic rings. The summed E-state index contributed by atoms with van der Waals surface area (Å²) in [6.45, 7) is 5.90. The Hall–Kier alpha value is -2.62. The third-order valence-corrected chi connectivity index (χ3v) is 2.33. The molecule has 0 aliphatic carbocycles. The molecule has 0 amide bonds. The number of nitrogens with zero attached hydrogens (tertiary/aromatic N) is 4. The summed E-state index contributed by atoms with van der Waals surface area (Å²) in [5, 5.41) is 7.36. The van der Waals surface area contributed by atoms with Gasteiger partial charge in [-0.1, -0.05) is 34.4 Å². The van der Waals surface area contributed by atoms with Gasteiger partial charge in [0.05, 0.1) is 5.69 Å². The highest BCUT2D eigenvalue weighted by molar-refractivity contribution is 5.04. The summed E-state index contributed by atoms with van der Waals surface area (Å²) in [6, 6.07) is 13.6. The molecule has 24 heavy (non-hydrogen) atoms. The quantitative estimate of drug-likeness (QED) is 0.549. The van der Waals surface area contributed by atoms with Crippen LogP contribution in [0.3, 0.4) is 0 Å². The summed E-state index contributed by atoms with van der Waals surface area (Å²) in [4.78, 5) is 7.86. The van der Waals surface area contributed by atoms with Crippen molar-refractivity contribution in [1.29, 1.82) is 0 Å². The second-order valence-electron chi connectivity index (χ2n) is 4.37. The Morgan fingerprint density at radius 1 is 0.667 bits per heavy atom. The summed E-state index contributed by atoms with van der Waals surface area (Å²) in [5.41, 5.74) is 3.24. The van der Waals surface area contributed by atoms with E-state index in [1.165, 1.54) is 5.56 Å². The standard InChI is InChI=1S/2C6H7N.C5H6N2.3CH4/c1-6-3-2-4-7-5-6;1-6-4-2-3-5-7-6;1-5-3-2-4-6-7-5;;;/h2*2-5H,1H3;2-4H,1H3;3*1H4. The molecule has 3 rings (SSSR count). The fourth-order valence-electron chi connectivity index (χ4n) is 1.27. The van der Waals surface area contributed by atoms with Crippen LogP contribution in [-0.4, -0.2) is 20.2 Å². The molecular formula is C20H32N4. The number of hydrogen-bond acceptors (Lipinski definition) is 4. The van der Waals surface area contributed by atoms with Gasteiger partial charge in [0, 0.05) is 30.5 Å². The van der Waals surface area contributed by atoms with Gasteiger partial charge in [-0.05, 0) is 56.7 Å². The van der Waals surface area contributed by atoms with E-state index in [-0.39, 0.29) is 22.3 Å². The van der Waals surface area contributed by atoms with Crippen molar-refractivity contribution in [2.24, 2.45) is 0 Å². The number of pyridine rings is 2. The maximum absolute atomic E-state index is 3.98. The van der Waals surface area contributed by atoms with Crippen LogP contribution in [0.25, 0.3) is 0 Å². The van der Waals surface area contributed by atoms with E-state index < -0.39 is 0 Å². The minimum absolute atomic E-state index is 0. The maximum Gasteiger partial charge on any atom is 0.0600 e. The van der Waals surface area contributed by atoms with Crippen molar-refractivity contribution in [3.63, 3.8) is 0 Å². The smallest absolute Gasteiger partial charge is 0.0600 e. The first kappa shape index (κ1) is 26.3. The molecule has 0 unspecified atom stereocenters. The molecule has 0 aliphatic heterocycles. The topological polar surface area (TPSA) is 51.6 Å². The molecule has 0 fully saturated rings. The summed E-state index contributed by atoms with van der Waals surface area (Å²) in [6.07, 6.45) is 7.05. The summed E-state index contributed by atoms with van der Waals surface area (Å²) in [5.74, 6) is 0. The van der Waals surface area contributed by atoms with Crippen molar-refractivity contribution < 1.29 is 0 Å². The van der Waals surface area contributed by atoms with Crippen LogP contribution >= 0.6 is 0 Å². The normalized spacial score (nSPS) is 7.62. The first-order valence-electron chi connectivity index (χ1n) is 6.67. The van der Waals surface area contributed by atoms with E-state index in [1.807, 2.05) is 69.4 Å². The molecule has 0 atom stereocenters. The Kier molecular flexibility index (Phi) is 18.3. The van der Waals surface area contributed by atoms with Gasteiger partial charge in [-0.3, -0.25) is 9.97 Å². The average Bonchev–Trinajstić information content (AvgIpc) is 2.51. The number of rotatable bonds is 0. The zero-order chi connectivity index (χ0) is 15.3. The van der Waals surface area contributed by atoms with Crippen LogP contribution in [0.4, 0.5) is 0 Å². The summed E-state index contributed by atoms with van der Waals surface area (Å²) < 4.78 is 0. The third kappa shape index (κ3) is 14.3. The SMILES string of the molecule is C.C.C.Cc1ccccn1.Cc1cccnc1.Cc1cccnn1. The van der Waals surface area contributed by atoms with Crippen molar-refractivity contribution in [3.8, 4) is 0 Å². The average molecular weight is 329 g/mol. The van der Waals surface area contributed by atoms with Crippen LogP contribution in [-0.2, 0) is 0 Å². The molecule has 4 heteroatoms. The van der Waals surface area contributed by atoms with Crippen molar-refractivity contribution in [2.75, 3.05) is 0 Å².